The maximum absolute atomic E-state index is 12.3. The van der Waals surface area contributed by atoms with E-state index in [2.05, 4.69) is 19.8 Å². The van der Waals surface area contributed by atoms with E-state index in [-0.39, 0.29) is 5.91 Å². The fourth-order valence-corrected chi connectivity index (χ4v) is 3.25. The average Bonchev–Trinajstić information content (AvgIpc) is 3.41. The Balaban J connectivity index is 1.29. The molecule has 4 rings (SSSR count). The largest absolute Gasteiger partial charge is 0.378 e. The van der Waals surface area contributed by atoms with Crippen molar-refractivity contribution in [1.82, 2.24) is 14.9 Å². The van der Waals surface area contributed by atoms with E-state index in [1.165, 1.54) is 12.8 Å². The predicted octanol–water partition coefficient (Wildman–Crippen LogP) is 2.03. The number of ether oxygens (including phenoxy) is 1. The van der Waals surface area contributed by atoms with E-state index < -0.39 is 0 Å². The van der Waals surface area contributed by atoms with E-state index in [0.717, 1.165) is 44.4 Å². The van der Waals surface area contributed by atoms with Crippen molar-refractivity contribution in [3.8, 4) is 0 Å². The molecule has 25 heavy (non-hydrogen) atoms. The number of amides is 1. The highest BCUT2D eigenvalue weighted by Crippen LogP contribution is 2.38. The lowest BCUT2D eigenvalue weighted by atomic mass is 10.1. The van der Waals surface area contributed by atoms with Gasteiger partial charge in [0.15, 0.2) is 0 Å². The van der Waals surface area contributed by atoms with Crippen LogP contribution >= 0.6 is 0 Å². The number of carbonyl (C=O) groups excluding carboxylic acids is 1. The Labute approximate surface area is 147 Å². The highest BCUT2D eigenvalue weighted by molar-refractivity contribution is 5.94. The number of rotatable bonds is 6. The molecule has 2 heterocycles. The molecular formula is C19H24N4O2. The molecule has 1 aliphatic heterocycles. The topological polar surface area (TPSA) is 59.4 Å². The molecule has 1 amide bonds. The number of morpholine rings is 1. The lowest BCUT2D eigenvalue weighted by Crippen LogP contribution is -2.36. The molecule has 1 saturated heterocycles. The van der Waals surface area contributed by atoms with Gasteiger partial charge in [-0.05, 0) is 37.1 Å². The van der Waals surface area contributed by atoms with Crippen molar-refractivity contribution in [2.24, 2.45) is 0 Å². The van der Waals surface area contributed by atoms with E-state index in [1.54, 1.807) is 0 Å². The van der Waals surface area contributed by atoms with Crippen molar-refractivity contribution >= 4 is 11.6 Å². The summed E-state index contributed by atoms with van der Waals surface area (Å²) in [6.45, 7) is 4.71. The number of aromatic nitrogens is 2. The summed E-state index contributed by atoms with van der Waals surface area (Å²) in [5.41, 5.74) is 1.84. The normalized spacial score (nSPS) is 17.5. The Morgan fingerprint density at radius 2 is 1.96 bits per heavy atom. The summed E-state index contributed by atoms with van der Waals surface area (Å²) in [6, 6.07) is 7.82. The number of hydrogen-bond donors (Lipinski definition) is 1. The first-order chi connectivity index (χ1) is 12.3. The Kier molecular flexibility index (Phi) is 4.70. The van der Waals surface area contributed by atoms with Gasteiger partial charge in [0.1, 0.15) is 5.82 Å². The van der Waals surface area contributed by atoms with Gasteiger partial charge in [-0.25, -0.2) is 4.98 Å². The number of anilines is 1. The van der Waals surface area contributed by atoms with Gasteiger partial charge in [0.2, 0.25) is 0 Å². The monoisotopic (exact) mass is 340 g/mol. The van der Waals surface area contributed by atoms with E-state index in [4.69, 9.17) is 4.74 Å². The van der Waals surface area contributed by atoms with Crippen molar-refractivity contribution in [2.75, 3.05) is 37.7 Å². The highest BCUT2D eigenvalue weighted by atomic mass is 16.5. The van der Waals surface area contributed by atoms with Gasteiger partial charge in [-0.2, -0.15) is 0 Å². The molecule has 1 N–H and O–H groups in total. The summed E-state index contributed by atoms with van der Waals surface area (Å²) in [5, 5.41) is 3.00. The Morgan fingerprint density at radius 1 is 1.20 bits per heavy atom. The van der Waals surface area contributed by atoms with Crippen LogP contribution in [0.1, 0.15) is 34.9 Å². The molecule has 2 aromatic rings. The number of benzene rings is 1. The van der Waals surface area contributed by atoms with Crippen LogP contribution in [0.4, 0.5) is 5.69 Å². The number of carbonyl (C=O) groups is 1. The van der Waals surface area contributed by atoms with Gasteiger partial charge in [0, 0.05) is 55.7 Å². The summed E-state index contributed by atoms with van der Waals surface area (Å²) >= 11 is 0. The Morgan fingerprint density at radius 3 is 2.68 bits per heavy atom. The second-order valence-corrected chi connectivity index (χ2v) is 6.66. The average molecular weight is 340 g/mol. The summed E-state index contributed by atoms with van der Waals surface area (Å²) in [5.74, 6) is 1.75. The van der Waals surface area contributed by atoms with Crippen LogP contribution in [0.25, 0.3) is 0 Å². The van der Waals surface area contributed by atoms with Crippen LogP contribution < -0.4 is 10.2 Å². The molecule has 0 spiro atoms. The molecular weight excluding hydrogens is 316 g/mol. The number of imidazole rings is 1. The first-order valence-corrected chi connectivity index (χ1v) is 9.03. The molecule has 6 nitrogen and oxygen atoms in total. The van der Waals surface area contributed by atoms with Gasteiger partial charge in [0.05, 0.1) is 13.2 Å². The zero-order chi connectivity index (χ0) is 17.1. The molecule has 1 aromatic carbocycles. The van der Waals surface area contributed by atoms with Crippen LogP contribution in [0.5, 0.6) is 0 Å². The van der Waals surface area contributed by atoms with Gasteiger partial charge in [0.25, 0.3) is 5.91 Å². The summed E-state index contributed by atoms with van der Waals surface area (Å²) in [6.07, 6.45) is 6.31. The van der Waals surface area contributed by atoms with Crippen molar-refractivity contribution in [3.63, 3.8) is 0 Å². The zero-order valence-corrected chi connectivity index (χ0v) is 14.4. The fourth-order valence-electron chi connectivity index (χ4n) is 3.25. The van der Waals surface area contributed by atoms with Crippen LogP contribution in [-0.2, 0) is 11.3 Å². The molecule has 0 atom stereocenters. The van der Waals surface area contributed by atoms with Crippen LogP contribution in [-0.4, -0.2) is 48.3 Å². The summed E-state index contributed by atoms with van der Waals surface area (Å²) < 4.78 is 7.53. The Bertz CT molecular complexity index is 715. The van der Waals surface area contributed by atoms with Gasteiger partial charge >= 0.3 is 0 Å². The summed E-state index contributed by atoms with van der Waals surface area (Å²) in [4.78, 5) is 19.0. The molecule has 1 aliphatic carbocycles. The molecule has 0 bridgehead atoms. The van der Waals surface area contributed by atoms with E-state index in [0.29, 0.717) is 18.0 Å². The third kappa shape index (κ3) is 3.85. The fraction of sp³-hybridized carbons (Fsp3) is 0.474. The van der Waals surface area contributed by atoms with Crippen LogP contribution in [0.2, 0.25) is 0 Å². The molecule has 6 heteroatoms. The standard InChI is InChI=1S/C19H24N4O2/c24-19(21-8-10-23-9-7-20-18(23)15-1-2-15)16-3-5-17(6-4-16)22-11-13-25-14-12-22/h3-7,9,15H,1-2,8,10-14H2,(H,21,24). The quantitative estimate of drug-likeness (QED) is 0.874. The van der Waals surface area contributed by atoms with E-state index in [1.807, 2.05) is 36.7 Å². The highest BCUT2D eigenvalue weighted by Gasteiger charge is 2.27. The molecule has 132 valence electrons. The van der Waals surface area contributed by atoms with Crippen molar-refractivity contribution in [2.45, 2.75) is 25.3 Å². The lowest BCUT2D eigenvalue weighted by molar-refractivity contribution is 0.0952. The summed E-state index contributed by atoms with van der Waals surface area (Å²) in [7, 11) is 0. The maximum Gasteiger partial charge on any atom is 0.251 e. The number of nitrogens with one attached hydrogen (secondary N) is 1. The number of hydrogen-bond acceptors (Lipinski definition) is 4. The van der Waals surface area contributed by atoms with Crippen molar-refractivity contribution in [3.05, 3.63) is 48.0 Å². The predicted molar refractivity (Wildman–Crippen MR) is 96.0 cm³/mol. The molecule has 0 unspecified atom stereocenters. The third-order valence-corrected chi connectivity index (χ3v) is 4.83. The number of nitrogens with zero attached hydrogens (tertiary/aromatic N) is 3. The molecule has 0 radical (unpaired) electrons. The molecule has 1 aromatic heterocycles. The van der Waals surface area contributed by atoms with E-state index in [9.17, 15) is 4.79 Å². The van der Waals surface area contributed by atoms with Gasteiger partial charge < -0.3 is 19.5 Å². The minimum absolute atomic E-state index is 0.0263. The minimum atomic E-state index is -0.0263. The van der Waals surface area contributed by atoms with Gasteiger partial charge in [-0.3, -0.25) is 4.79 Å². The first-order valence-electron chi connectivity index (χ1n) is 9.03. The second-order valence-electron chi connectivity index (χ2n) is 6.66. The second kappa shape index (κ2) is 7.27. The van der Waals surface area contributed by atoms with Gasteiger partial charge in [-0.1, -0.05) is 0 Å². The third-order valence-electron chi connectivity index (χ3n) is 4.83. The van der Waals surface area contributed by atoms with E-state index >= 15 is 0 Å². The molecule has 1 saturated carbocycles. The van der Waals surface area contributed by atoms with Crippen LogP contribution in [0.3, 0.4) is 0 Å². The maximum atomic E-state index is 12.3. The zero-order valence-electron chi connectivity index (χ0n) is 14.4. The SMILES string of the molecule is O=C(NCCn1ccnc1C1CC1)c1ccc(N2CCOCC2)cc1. The molecule has 2 fully saturated rings. The molecule has 2 aliphatic rings. The minimum Gasteiger partial charge on any atom is -0.378 e. The van der Waals surface area contributed by atoms with Crippen LogP contribution in [0.15, 0.2) is 36.7 Å². The van der Waals surface area contributed by atoms with Crippen molar-refractivity contribution < 1.29 is 9.53 Å². The Hall–Kier alpha value is -2.34. The van der Waals surface area contributed by atoms with Gasteiger partial charge in [-0.15, -0.1) is 0 Å². The first kappa shape index (κ1) is 16.1. The van der Waals surface area contributed by atoms with Crippen LogP contribution in [0, 0.1) is 0 Å². The smallest absolute Gasteiger partial charge is 0.251 e. The van der Waals surface area contributed by atoms with Crippen molar-refractivity contribution in [1.29, 1.82) is 0 Å². The lowest BCUT2D eigenvalue weighted by Gasteiger charge is -2.28.